The Balaban J connectivity index is 1.46. The van der Waals surface area contributed by atoms with Gasteiger partial charge >= 0.3 is 0 Å². The highest BCUT2D eigenvalue weighted by Gasteiger charge is 2.19. The summed E-state index contributed by atoms with van der Waals surface area (Å²) in [4.78, 5) is 18.2. The molecule has 0 aliphatic rings. The Morgan fingerprint density at radius 3 is 2.63 bits per heavy atom. The van der Waals surface area contributed by atoms with E-state index in [0.29, 0.717) is 34.2 Å². The van der Waals surface area contributed by atoms with Gasteiger partial charge < -0.3 is 5.32 Å². The predicted molar refractivity (Wildman–Crippen MR) is 134 cm³/mol. The first-order valence-corrected chi connectivity index (χ1v) is 11.4. The lowest BCUT2D eigenvalue weighted by Crippen LogP contribution is -2.14. The summed E-state index contributed by atoms with van der Waals surface area (Å²) >= 11 is 6.13. The van der Waals surface area contributed by atoms with Gasteiger partial charge in [0.2, 0.25) is 0 Å². The lowest BCUT2D eigenvalue weighted by Gasteiger charge is -2.10. The number of aryl methyl sites for hydroxylation is 2. The lowest BCUT2D eigenvalue weighted by molar-refractivity contribution is 0.102. The molecule has 2 aromatic carbocycles. The Bertz CT molecular complexity index is 1590. The zero-order valence-corrected chi connectivity index (χ0v) is 20.1. The standard InChI is InChI=1S/C26H22ClFN6O/c1-15-25(16(2)33(3)31-15)23-13-20(19-6-4-5-7-22(19)29-23)26(35)30-24-10-11-34(32-24)14-17-8-9-18(28)12-21(17)27/h4-13H,14H2,1-3H3,(H,30,32,35). The zero-order chi connectivity index (χ0) is 24.7. The molecule has 0 spiro atoms. The quantitative estimate of drug-likeness (QED) is 0.352. The normalized spacial score (nSPS) is 11.2. The predicted octanol–water partition coefficient (Wildman–Crippen LogP) is 5.54. The number of fused-ring (bicyclic) bond motifs is 1. The fourth-order valence-corrected chi connectivity index (χ4v) is 4.39. The van der Waals surface area contributed by atoms with Crippen molar-refractivity contribution in [2.24, 2.45) is 7.05 Å². The first kappa shape index (κ1) is 22.7. The molecular weight excluding hydrogens is 467 g/mol. The fourth-order valence-electron chi connectivity index (χ4n) is 4.16. The number of pyridine rings is 1. The van der Waals surface area contributed by atoms with Gasteiger partial charge in [-0.1, -0.05) is 35.9 Å². The van der Waals surface area contributed by atoms with Gasteiger partial charge in [0.15, 0.2) is 5.82 Å². The van der Waals surface area contributed by atoms with Crippen molar-refractivity contribution < 1.29 is 9.18 Å². The smallest absolute Gasteiger partial charge is 0.257 e. The number of hydrogen-bond donors (Lipinski definition) is 1. The van der Waals surface area contributed by atoms with Gasteiger partial charge in [0.25, 0.3) is 5.91 Å². The van der Waals surface area contributed by atoms with Crippen molar-refractivity contribution >= 4 is 34.2 Å². The molecule has 0 fully saturated rings. The number of rotatable bonds is 5. The van der Waals surface area contributed by atoms with E-state index in [1.807, 2.05) is 45.2 Å². The Morgan fingerprint density at radius 2 is 1.89 bits per heavy atom. The van der Waals surface area contributed by atoms with Gasteiger partial charge in [0, 0.05) is 41.0 Å². The number of nitrogens with zero attached hydrogens (tertiary/aromatic N) is 5. The third-order valence-electron chi connectivity index (χ3n) is 5.96. The third-order valence-corrected chi connectivity index (χ3v) is 6.31. The van der Waals surface area contributed by atoms with Gasteiger partial charge in [-0.05, 0) is 43.7 Å². The average Bonchev–Trinajstić information content (AvgIpc) is 3.37. The molecular formula is C26H22ClFN6O. The summed E-state index contributed by atoms with van der Waals surface area (Å²) in [5.41, 5.74) is 5.34. The van der Waals surface area contributed by atoms with Crippen LogP contribution in [0, 0.1) is 19.7 Å². The van der Waals surface area contributed by atoms with Crippen LogP contribution in [0.25, 0.3) is 22.2 Å². The molecule has 0 aliphatic carbocycles. The number of carbonyl (C=O) groups is 1. The van der Waals surface area contributed by atoms with E-state index < -0.39 is 5.82 Å². The maximum Gasteiger partial charge on any atom is 0.257 e. The van der Waals surface area contributed by atoms with Crippen molar-refractivity contribution in [3.05, 3.63) is 94.1 Å². The molecule has 5 rings (SSSR count). The second kappa shape index (κ2) is 8.96. The first-order valence-electron chi connectivity index (χ1n) is 11.0. The SMILES string of the molecule is Cc1nn(C)c(C)c1-c1cc(C(=O)Nc2ccn(Cc3ccc(F)cc3Cl)n2)c2ccccc2n1. The van der Waals surface area contributed by atoms with Crippen LogP contribution in [-0.2, 0) is 13.6 Å². The van der Waals surface area contributed by atoms with E-state index in [2.05, 4.69) is 15.5 Å². The molecule has 9 heteroatoms. The Morgan fingerprint density at radius 1 is 1.09 bits per heavy atom. The molecule has 0 saturated carbocycles. The number of para-hydroxylation sites is 1. The third kappa shape index (κ3) is 4.40. The molecule has 1 amide bonds. The highest BCUT2D eigenvalue weighted by molar-refractivity contribution is 6.31. The van der Waals surface area contributed by atoms with Gasteiger partial charge in [-0.25, -0.2) is 9.37 Å². The molecule has 0 saturated heterocycles. The molecule has 0 bridgehead atoms. The Kier molecular flexibility index (Phi) is 5.82. The number of nitrogens with one attached hydrogen (secondary N) is 1. The summed E-state index contributed by atoms with van der Waals surface area (Å²) in [5.74, 6) is -0.300. The van der Waals surface area contributed by atoms with Crippen molar-refractivity contribution in [1.82, 2.24) is 24.5 Å². The van der Waals surface area contributed by atoms with E-state index >= 15 is 0 Å². The Hall–Kier alpha value is -4.04. The summed E-state index contributed by atoms with van der Waals surface area (Å²) in [6, 6.07) is 15.3. The fraction of sp³-hybridized carbons (Fsp3) is 0.154. The molecule has 1 N–H and O–H groups in total. The molecule has 7 nitrogen and oxygen atoms in total. The Labute approximate surface area is 206 Å². The summed E-state index contributed by atoms with van der Waals surface area (Å²) in [7, 11) is 1.88. The van der Waals surface area contributed by atoms with E-state index in [1.165, 1.54) is 12.1 Å². The molecule has 0 unspecified atom stereocenters. The topological polar surface area (TPSA) is 77.6 Å². The van der Waals surface area contributed by atoms with Crippen LogP contribution in [0.5, 0.6) is 0 Å². The maximum atomic E-state index is 13.4. The van der Waals surface area contributed by atoms with E-state index in [-0.39, 0.29) is 5.91 Å². The van der Waals surface area contributed by atoms with Crippen molar-refractivity contribution in [2.45, 2.75) is 20.4 Å². The highest BCUT2D eigenvalue weighted by atomic mass is 35.5. The molecule has 0 radical (unpaired) electrons. The van der Waals surface area contributed by atoms with Gasteiger partial charge in [-0.15, -0.1) is 0 Å². The van der Waals surface area contributed by atoms with Gasteiger partial charge in [-0.3, -0.25) is 14.2 Å². The number of amides is 1. The van der Waals surface area contributed by atoms with Gasteiger partial charge in [0.05, 0.1) is 29.0 Å². The van der Waals surface area contributed by atoms with E-state index in [9.17, 15) is 9.18 Å². The van der Waals surface area contributed by atoms with Crippen molar-refractivity contribution in [3.63, 3.8) is 0 Å². The average molecular weight is 489 g/mol. The summed E-state index contributed by atoms with van der Waals surface area (Å²) in [6.45, 7) is 4.25. The van der Waals surface area contributed by atoms with Crippen LogP contribution in [0.2, 0.25) is 5.02 Å². The van der Waals surface area contributed by atoms with Crippen molar-refractivity contribution in [2.75, 3.05) is 5.32 Å². The maximum absolute atomic E-state index is 13.4. The van der Waals surface area contributed by atoms with Crippen molar-refractivity contribution in [1.29, 1.82) is 0 Å². The monoisotopic (exact) mass is 488 g/mol. The van der Waals surface area contributed by atoms with E-state index in [4.69, 9.17) is 16.6 Å². The lowest BCUT2D eigenvalue weighted by atomic mass is 10.0. The minimum Gasteiger partial charge on any atom is -0.305 e. The minimum atomic E-state index is -0.396. The molecule has 35 heavy (non-hydrogen) atoms. The number of carbonyl (C=O) groups excluding carboxylic acids is 1. The summed E-state index contributed by atoms with van der Waals surface area (Å²) in [6.07, 6.45) is 1.73. The molecule has 176 valence electrons. The van der Waals surface area contributed by atoms with Gasteiger partial charge in [0.1, 0.15) is 5.82 Å². The number of hydrogen-bond acceptors (Lipinski definition) is 4. The second-order valence-corrected chi connectivity index (χ2v) is 8.74. The van der Waals surface area contributed by atoms with Gasteiger partial charge in [-0.2, -0.15) is 10.2 Å². The van der Waals surface area contributed by atoms with Crippen LogP contribution in [0.4, 0.5) is 10.2 Å². The minimum absolute atomic E-state index is 0.297. The van der Waals surface area contributed by atoms with Crippen LogP contribution in [0.3, 0.4) is 0 Å². The highest BCUT2D eigenvalue weighted by Crippen LogP contribution is 2.29. The van der Waals surface area contributed by atoms with Crippen LogP contribution >= 0.6 is 11.6 Å². The first-order chi connectivity index (χ1) is 16.8. The molecule has 0 aliphatic heterocycles. The summed E-state index contributed by atoms with van der Waals surface area (Å²) < 4.78 is 16.8. The molecule has 3 aromatic heterocycles. The number of aromatic nitrogens is 5. The second-order valence-electron chi connectivity index (χ2n) is 8.33. The molecule has 5 aromatic rings. The summed E-state index contributed by atoms with van der Waals surface area (Å²) in [5, 5.41) is 12.9. The van der Waals surface area contributed by atoms with E-state index in [1.54, 1.807) is 33.8 Å². The van der Waals surface area contributed by atoms with Crippen molar-refractivity contribution in [3.8, 4) is 11.3 Å². The largest absolute Gasteiger partial charge is 0.305 e. The number of benzene rings is 2. The molecule has 0 atom stereocenters. The van der Waals surface area contributed by atoms with Crippen LogP contribution in [0.15, 0.2) is 60.8 Å². The van der Waals surface area contributed by atoms with Crippen LogP contribution < -0.4 is 5.32 Å². The molecule has 3 heterocycles. The number of anilines is 1. The number of halogens is 2. The van der Waals surface area contributed by atoms with E-state index in [0.717, 1.165) is 27.9 Å². The zero-order valence-electron chi connectivity index (χ0n) is 19.4. The van der Waals surface area contributed by atoms with Crippen LogP contribution in [0.1, 0.15) is 27.3 Å². The van der Waals surface area contributed by atoms with Crippen LogP contribution in [-0.4, -0.2) is 30.5 Å².